The molecule has 26 heavy (non-hydrogen) atoms. The number of esters is 1. The fourth-order valence-corrected chi connectivity index (χ4v) is 2.97. The topological polar surface area (TPSA) is 55.8 Å². The summed E-state index contributed by atoms with van der Waals surface area (Å²) in [5.74, 6) is 0.144. The van der Waals surface area contributed by atoms with Crippen molar-refractivity contribution in [3.63, 3.8) is 0 Å². The molecule has 0 N–H and O–H groups in total. The lowest BCUT2D eigenvalue weighted by atomic mass is 10.0. The molecule has 0 radical (unpaired) electrons. The van der Waals surface area contributed by atoms with Crippen molar-refractivity contribution in [1.82, 2.24) is 4.90 Å². The first-order valence-electron chi connectivity index (χ1n) is 8.14. The van der Waals surface area contributed by atoms with Gasteiger partial charge in [-0.2, -0.15) is 0 Å². The zero-order valence-electron chi connectivity index (χ0n) is 14.2. The zero-order chi connectivity index (χ0) is 18.5. The van der Waals surface area contributed by atoms with Crippen LogP contribution in [0, 0.1) is 0 Å². The highest BCUT2D eigenvalue weighted by molar-refractivity contribution is 6.32. The summed E-state index contributed by atoms with van der Waals surface area (Å²) in [4.78, 5) is 26.2. The number of nitrogens with zero attached hydrogens (tertiary/aromatic N) is 1. The highest BCUT2D eigenvalue weighted by Crippen LogP contribution is 2.27. The maximum absolute atomic E-state index is 12.4. The van der Waals surface area contributed by atoms with Gasteiger partial charge in [0.25, 0.3) is 5.91 Å². The smallest absolute Gasteiger partial charge is 0.328 e. The molecule has 1 aliphatic rings. The van der Waals surface area contributed by atoms with Gasteiger partial charge in [0, 0.05) is 12.5 Å². The van der Waals surface area contributed by atoms with E-state index in [1.54, 1.807) is 24.3 Å². The monoisotopic (exact) mass is 371 g/mol. The molecule has 134 valence electrons. The van der Waals surface area contributed by atoms with Crippen molar-refractivity contribution < 1.29 is 19.1 Å². The molecule has 0 spiro atoms. The Labute approximate surface area is 156 Å². The first-order valence-corrected chi connectivity index (χ1v) is 8.51. The Morgan fingerprint density at radius 3 is 2.54 bits per heavy atom. The number of hydrogen-bond acceptors (Lipinski definition) is 4. The standard InChI is InChI=1S/C20H18ClNO4/c1-25-20(24)17(11-14-7-3-2-4-8-14)22-13-15(12-19(22)23)26-18-10-6-5-9-16(18)21/h2-10,12,17H,11,13H2,1H3. The third-order valence-corrected chi connectivity index (χ3v) is 4.41. The third kappa shape index (κ3) is 4.06. The van der Waals surface area contributed by atoms with E-state index in [0.717, 1.165) is 5.56 Å². The number of carbonyl (C=O) groups is 2. The van der Waals surface area contributed by atoms with E-state index in [0.29, 0.717) is 23.0 Å². The third-order valence-electron chi connectivity index (χ3n) is 4.09. The van der Waals surface area contributed by atoms with Gasteiger partial charge in [-0.25, -0.2) is 4.79 Å². The average molecular weight is 372 g/mol. The van der Waals surface area contributed by atoms with E-state index in [1.807, 2.05) is 30.3 Å². The van der Waals surface area contributed by atoms with Gasteiger partial charge in [0.15, 0.2) is 0 Å². The predicted octanol–water partition coefficient (Wildman–Crippen LogP) is 3.23. The second-order valence-electron chi connectivity index (χ2n) is 5.84. The molecule has 0 aliphatic carbocycles. The normalized spacial score (nSPS) is 14.8. The number of benzene rings is 2. The van der Waals surface area contributed by atoms with E-state index in [-0.39, 0.29) is 12.5 Å². The molecule has 1 aliphatic heterocycles. The van der Waals surface area contributed by atoms with Crippen LogP contribution in [0.1, 0.15) is 5.56 Å². The molecule has 3 rings (SSSR count). The van der Waals surface area contributed by atoms with Gasteiger partial charge in [-0.15, -0.1) is 0 Å². The fraction of sp³-hybridized carbons (Fsp3) is 0.200. The van der Waals surface area contributed by atoms with Gasteiger partial charge >= 0.3 is 5.97 Å². The molecule has 2 aromatic rings. The lowest BCUT2D eigenvalue weighted by Gasteiger charge is -2.26. The number of amides is 1. The molecule has 1 unspecified atom stereocenters. The molecule has 2 aromatic carbocycles. The summed E-state index contributed by atoms with van der Waals surface area (Å²) in [6, 6.07) is 15.8. The summed E-state index contributed by atoms with van der Waals surface area (Å²) < 4.78 is 10.6. The molecular weight excluding hydrogens is 354 g/mol. The molecule has 0 fully saturated rings. The number of halogens is 1. The number of rotatable bonds is 6. The minimum atomic E-state index is -0.724. The summed E-state index contributed by atoms with van der Waals surface area (Å²) in [5, 5.41) is 0.452. The molecule has 0 bridgehead atoms. The van der Waals surface area contributed by atoms with Crippen LogP contribution in [0.2, 0.25) is 5.02 Å². The van der Waals surface area contributed by atoms with Crippen molar-refractivity contribution in [2.45, 2.75) is 12.5 Å². The molecule has 1 amide bonds. The SMILES string of the molecule is COC(=O)C(Cc1ccccc1)N1CC(Oc2ccccc2Cl)=CC1=O. The molecule has 0 aromatic heterocycles. The Balaban J connectivity index is 1.76. The van der Waals surface area contributed by atoms with Crippen molar-refractivity contribution in [3.8, 4) is 5.75 Å². The van der Waals surface area contributed by atoms with Gasteiger partial charge in [0.05, 0.1) is 18.7 Å². The molecule has 6 heteroatoms. The van der Waals surface area contributed by atoms with E-state index in [4.69, 9.17) is 21.1 Å². The average Bonchev–Trinajstić information content (AvgIpc) is 3.02. The predicted molar refractivity (Wildman–Crippen MR) is 97.8 cm³/mol. The van der Waals surface area contributed by atoms with Crippen molar-refractivity contribution in [3.05, 3.63) is 77.0 Å². The molecule has 0 saturated carbocycles. The number of methoxy groups -OCH3 is 1. The fourth-order valence-electron chi connectivity index (χ4n) is 2.80. The summed E-state index contributed by atoms with van der Waals surface area (Å²) >= 11 is 6.09. The van der Waals surface area contributed by atoms with Gasteiger partial charge in [0.2, 0.25) is 0 Å². The summed E-state index contributed by atoms with van der Waals surface area (Å²) in [6.07, 6.45) is 1.75. The summed E-state index contributed by atoms with van der Waals surface area (Å²) in [7, 11) is 1.31. The van der Waals surface area contributed by atoms with Crippen LogP contribution < -0.4 is 4.74 Å². The highest BCUT2D eigenvalue weighted by atomic mass is 35.5. The van der Waals surface area contributed by atoms with Gasteiger partial charge in [-0.1, -0.05) is 54.1 Å². The Bertz CT molecular complexity index is 835. The van der Waals surface area contributed by atoms with E-state index >= 15 is 0 Å². The lowest BCUT2D eigenvalue weighted by Crippen LogP contribution is -2.44. The van der Waals surface area contributed by atoms with Crippen LogP contribution >= 0.6 is 11.6 Å². The Morgan fingerprint density at radius 1 is 1.15 bits per heavy atom. The van der Waals surface area contributed by atoms with Crippen molar-refractivity contribution in [2.24, 2.45) is 0 Å². The van der Waals surface area contributed by atoms with E-state index in [1.165, 1.54) is 18.1 Å². The summed E-state index contributed by atoms with van der Waals surface area (Å²) in [6.45, 7) is 0.177. The first kappa shape index (κ1) is 18.0. The Kier molecular flexibility index (Phi) is 5.58. The first-order chi connectivity index (χ1) is 12.6. The Hall–Kier alpha value is -2.79. The molecule has 5 nitrogen and oxygen atoms in total. The van der Waals surface area contributed by atoms with Crippen LogP contribution in [0.4, 0.5) is 0 Å². The summed E-state index contributed by atoms with van der Waals surface area (Å²) in [5.41, 5.74) is 0.941. The van der Waals surface area contributed by atoms with Gasteiger partial charge in [0.1, 0.15) is 17.6 Å². The lowest BCUT2D eigenvalue weighted by molar-refractivity contribution is -0.150. The van der Waals surface area contributed by atoms with E-state index in [9.17, 15) is 9.59 Å². The molecular formula is C20H18ClNO4. The number of carbonyl (C=O) groups excluding carboxylic acids is 2. The van der Waals surface area contributed by atoms with Crippen molar-refractivity contribution >= 4 is 23.5 Å². The number of para-hydroxylation sites is 1. The van der Waals surface area contributed by atoms with E-state index < -0.39 is 12.0 Å². The van der Waals surface area contributed by atoms with Crippen molar-refractivity contribution in [1.29, 1.82) is 0 Å². The van der Waals surface area contributed by atoms with Crippen molar-refractivity contribution in [2.75, 3.05) is 13.7 Å². The van der Waals surface area contributed by atoms with Gasteiger partial charge in [-0.05, 0) is 17.7 Å². The minimum Gasteiger partial charge on any atom is -0.467 e. The highest BCUT2D eigenvalue weighted by Gasteiger charge is 2.35. The largest absolute Gasteiger partial charge is 0.467 e. The quantitative estimate of drug-likeness (QED) is 0.731. The number of ether oxygens (including phenoxy) is 2. The minimum absolute atomic E-state index is 0.177. The maximum Gasteiger partial charge on any atom is 0.328 e. The van der Waals surface area contributed by atoms with Crippen LogP contribution in [-0.2, 0) is 20.7 Å². The van der Waals surface area contributed by atoms with Crippen LogP contribution in [0.5, 0.6) is 5.75 Å². The second-order valence-corrected chi connectivity index (χ2v) is 6.25. The molecule has 0 saturated heterocycles. The second kappa shape index (κ2) is 8.06. The van der Waals surface area contributed by atoms with Gasteiger partial charge < -0.3 is 14.4 Å². The van der Waals surface area contributed by atoms with Crippen LogP contribution in [0.15, 0.2) is 66.4 Å². The molecule has 1 atom stereocenters. The van der Waals surface area contributed by atoms with Crippen LogP contribution in [0.3, 0.4) is 0 Å². The maximum atomic E-state index is 12.4. The van der Waals surface area contributed by atoms with E-state index in [2.05, 4.69) is 0 Å². The number of hydrogen-bond donors (Lipinski definition) is 0. The van der Waals surface area contributed by atoms with Gasteiger partial charge in [-0.3, -0.25) is 4.79 Å². The molecule has 1 heterocycles. The van der Waals surface area contributed by atoms with Crippen LogP contribution in [-0.4, -0.2) is 36.5 Å². The Morgan fingerprint density at radius 2 is 1.85 bits per heavy atom. The zero-order valence-corrected chi connectivity index (χ0v) is 15.0. The van der Waals surface area contributed by atoms with Crippen LogP contribution in [0.25, 0.3) is 0 Å².